The first-order chi connectivity index (χ1) is 4.38. The van der Waals surface area contributed by atoms with Crippen molar-refractivity contribution in [3.8, 4) is 0 Å². The second-order valence-corrected chi connectivity index (χ2v) is 2.46. The fourth-order valence-electron chi connectivity index (χ4n) is 0.973. The first-order valence-corrected chi connectivity index (χ1v) is 3.15. The van der Waals surface area contributed by atoms with Gasteiger partial charge in [-0.3, -0.25) is 0 Å². The molecular formula is C6H11Cl2N3. The van der Waals surface area contributed by atoms with Crippen LogP contribution in [0, 0.1) is 0 Å². The van der Waals surface area contributed by atoms with Crippen LogP contribution in [0.25, 0.3) is 0 Å². The highest BCUT2D eigenvalue weighted by molar-refractivity contribution is 5.85. The van der Waals surface area contributed by atoms with E-state index in [1.54, 1.807) is 12.5 Å². The van der Waals surface area contributed by atoms with Gasteiger partial charge in [0, 0.05) is 6.04 Å². The maximum Gasteiger partial charge on any atom is 0.123 e. The summed E-state index contributed by atoms with van der Waals surface area (Å²) in [5.74, 6) is 0.789. The van der Waals surface area contributed by atoms with Crippen LogP contribution in [-0.4, -0.2) is 9.55 Å². The Morgan fingerprint density at radius 3 is 2.45 bits per heavy atom. The lowest BCUT2D eigenvalue weighted by molar-refractivity contribution is 0.751. The number of aromatic nitrogens is 2. The van der Waals surface area contributed by atoms with Crippen LogP contribution in [0.3, 0.4) is 0 Å². The molecule has 2 N–H and O–H groups in total. The lowest BCUT2D eigenvalue weighted by atomic mass is 10.6. The van der Waals surface area contributed by atoms with E-state index in [-0.39, 0.29) is 24.8 Å². The van der Waals surface area contributed by atoms with Crippen LogP contribution in [-0.2, 0) is 0 Å². The summed E-state index contributed by atoms with van der Waals surface area (Å²) in [4.78, 5) is 3.92. The van der Waals surface area contributed by atoms with Gasteiger partial charge < -0.3 is 10.3 Å². The van der Waals surface area contributed by atoms with Gasteiger partial charge >= 0.3 is 0 Å². The quantitative estimate of drug-likeness (QED) is 0.741. The van der Waals surface area contributed by atoms with Gasteiger partial charge in [-0.2, -0.15) is 0 Å². The summed E-state index contributed by atoms with van der Waals surface area (Å²) >= 11 is 0. The Morgan fingerprint density at radius 2 is 2.09 bits per heavy atom. The largest absolute Gasteiger partial charge is 0.384 e. The fraction of sp³-hybridized carbons (Fsp3) is 0.500. The maximum atomic E-state index is 5.58. The van der Waals surface area contributed by atoms with Crippen molar-refractivity contribution in [2.45, 2.75) is 18.9 Å². The van der Waals surface area contributed by atoms with Crippen molar-refractivity contribution < 1.29 is 0 Å². The van der Waals surface area contributed by atoms with Crippen molar-refractivity contribution >= 4 is 30.6 Å². The van der Waals surface area contributed by atoms with Crippen molar-refractivity contribution in [3.05, 3.63) is 12.5 Å². The highest BCUT2D eigenvalue weighted by Crippen LogP contribution is 2.36. The van der Waals surface area contributed by atoms with E-state index in [1.807, 2.05) is 4.57 Å². The Hall–Kier alpha value is -0.410. The zero-order valence-electron chi connectivity index (χ0n) is 5.93. The van der Waals surface area contributed by atoms with Gasteiger partial charge in [0.2, 0.25) is 0 Å². The van der Waals surface area contributed by atoms with Gasteiger partial charge in [0.15, 0.2) is 0 Å². The molecule has 2 rings (SSSR count). The Kier molecular flexibility index (Phi) is 3.69. The molecule has 0 saturated heterocycles. The number of nitrogens with two attached hydrogens (primary N) is 1. The molecular weight excluding hydrogens is 185 g/mol. The van der Waals surface area contributed by atoms with Crippen LogP contribution in [0.15, 0.2) is 12.5 Å². The number of imidazole rings is 1. The van der Waals surface area contributed by atoms with Crippen LogP contribution in [0.2, 0.25) is 0 Å². The molecule has 0 spiro atoms. The van der Waals surface area contributed by atoms with E-state index in [0.717, 1.165) is 5.82 Å². The second-order valence-electron chi connectivity index (χ2n) is 2.46. The molecule has 0 bridgehead atoms. The standard InChI is InChI=1S/C6H9N3.2ClH/c7-6-3-8-4-9(6)5-1-2-5;;/h3-5H,1-2,7H2;2*1H. The van der Waals surface area contributed by atoms with Crippen LogP contribution in [0.4, 0.5) is 5.82 Å². The van der Waals surface area contributed by atoms with Gasteiger partial charge in [-0.05, 0) is 12.8 Å². The van der Waals surface area contributed by atoms with Crippen molar-refractivity contribution in [2.75, 3.05) is 5.73 Å². The molecule has 1 fully saturated rings. The molecule has 64 valence electrons. The third kappa shape index (κ3) is 2.01. The van der Waals surface area contributed by atoms with E-state index in [0.29, 0.717) is 6.04 Å². The highest BCUT2D eigenvalue weighted by atomic mass is 35.5. The smallest absolute Gasteiger partial charge is 0.123 e. The number of hydrogen-bond donors (Lipinski definition) is 1. The van der Waals surface area contributed by atoms with Crippen molar-refractivity contribution in [2.24, 2.45) is 0 Å². The molecule has 1 aromatic rings. The number of halogens is 2. The first-order valence-electron chi connectivity index (χ1n) is 3.15. The monoisotopic (exact) mass is 195 g/mol. The predicted molar refractivity (Wildman–Crippen MR) is 49.4 cm³/mol. The van der Waals surface area contributed by atoms with Crippen molar-refractivity contribution in [1.29, 1.82) is 0 Å². The zero-order chi connectivity index (χ0) is 6.27. The van der Waals surface area contributed by atoms with E-state index < -0.39 is 0 Å². The summed E-state index contributed by atoms with van der Waals surface area (Å²) < 4.78 is 2.03. The molecule has 0 amide bonds. The van der Waals surface area contributed by atoms with E-state index >= 15 is 0 Å². The van der Waals surface area contributed by atoms with E-state index in [4.69, 9.17) is 5.73 Å². The van der Waals surface area contributed by atoms with Gasteiger partial charge in [0.05, 0.1) is 12.5 Å². The average molecular weight is 196 g/mol. The van der Waals surface area contributed by atoms with Gasteiger partial charge in [-0.1, -0.05) is 0 Å². The molecule has 1 heterocycles. The average Bonchev–Trinajstić information content (AvgIpc) is 2.58. The topological polar surface area (TPSA) is 43.8 Å². The van der Waals surface area contributed by atoms with Gasteiger partial charge in [-0.15, -0.1) is 24.8 Å². The van der Waals surface area contributed by atoms with E-state index in [2.05, 4.69) is 4.98 Å². The lowest BCUT2D eigenvalue weighted by Gasteiger charge is -1.98. The summed E-state index contributed by atoms with van der Waals surface area (Å²) in [6.07, 6.45) is 6.02. The van der Waals surface area contributed by atoms with E-state index in [1.165, 1.54) is 12.8 Å². The molecule has 3 nitrogen and oxygen atoms in total. The SMILES string of the molecule is Cl.Cl.Nc1cncn1C1CC1. The molecule has 0 aliphatic heterocycles. The van der Waals surface area contributed by atoms with Gasteiger partial charge in [0.25, 0.3) is 0 Å². The summed E-state index contributed by atoms with van der Waals surface area (Å²) in [7, 11) is 0. The molecule has 0 aromatic carbocycles. The minimum Gasteiger partial charge on any atom is -0.384 e. The molecule has 11 heavy (non-hydrogen) atoms. The van der Waals surface area contributed by atoms with Crippen molar-refractivity contribution in [1.82, 2.24) is 9.55 Å². The molecule has 5 heteroatoms. The molecule has 1 saturated carbocycles. The van der Waals surface area contributed by atoms with Crippen LogP contribution in [0.1, 0.15) is 18.9 Å². The van der Waals surface area contributed by atoms with Crippen LogP contribution >= 0.6 is 24.8 Å². The van der Waals surface area contributed by atoms with Crippen LogP contribution < -0.4 is 5.73 Å². The third-order valence-electron chi connectivity index (χ3n) is 1.64. The number of nitrogen functional groups attached to an aromatic ring is 1. The Bertz CT molecular complexity index is 219. The van der Waals surface area contributed by atoms with Crippen molar-refractivity contribution in [3.63, 3.8) is 0 Å². The minimum atomic E-state index is 0. The lowest BCUT2D eigenvalue weighted by Crippen LogP contribution is -1.97. The number of hydrogen-bond acceptors (Lipinski definition) is 2. The molecule has 1 aliphatic carbocycles. The summed E-state index contributed by atoms with van der Waals surface area (Å²) in [6.45, 7) is 0. The Labute approximate surface area is 77.8 Å². The fourth-order valence-corrected chi connectivity index (χ4v) is 0.973. The first kappa shape index (κ1) is 10.6. The number of nitrogens with zero attached hydrogens (tertiary/aromatic N) is 2. The summed E-state index contributed by atoms with van der Waals surface area (Å²) in [6, 6.07) is 0.660. The Balaban J connectivity index is 0.000000500. The third-order valence-corrected chi connectivity index (χ3v) is 1.64. The molecule has 0 atom stereocenters. The number of anilines is 1. The predicted octanol–water partition coefficient (Wildman–Crippen LogP) is 1.64. The van der Waals surface area contributed by atoms with Gasteiger partial charge in [-0.25, -0.2) is 4.98 Å². The zero-order valence-corrected chi connectivity index (χ0v) is 7.57. The normalized spacial score (nSPS) is 14.9. The summed E-state index contributed by atoms with van der Waals surface area (Å²) in [5.41, 5.74) is 5.58. The molecule has 0 unspecified atom stereocenters. The molecule has 1 aromatic heterocycles. The second kappa shape index (κ2) is 3.83. The molecule has 1 aliphatic rings. The highest BCUT2D eigenvalue weighted by Gasteiger charge is 2.24. The van der Waals surface area contributed by atoms with E-state index in [9.17, 15) is 0 Å². The molecule has 0 radical (unpaired) electrons. The maximum absolute atomic E-state index is 5.58. The Morgan fingerprint density at radius 1 is 1.45 bits per heavy atom. The number of rotatable bonds is 1. The van der Waals surface area contributed by atoms with Gasteiger partial charge in [0.1, 0.15) is 5.82 Å². The van der Waals surface area contributed by atoms with Crippen LogP contribution in [0.5, 0.6) is 0 Å². The summed E-state index contributed by atoms with van der Waals surface area (Å²) in [5, 5.41) is 0. The minimum absolute atomic E-state index is 0.